The van der Waals surface area contributed by atoms with Crippen molar-refractivity contribution in [2.45, 2.75) is 41.5 Å². The van der Waals surface area contributed by atoms with Crippen LogP contribution in [0.4, 0.5) is 5.69 Å². The van der Waals surface area contributed by atoms with Crippen molar-refractivity contribution in [1.29, 1.82) is 0 Å². The highest BCUT2D eigenvalue weighted by Crippen LogP contribution is 2.51. The molecule has 1 aliphatic heterocycles. The van der Waals surface area contributed by atoms with E-state index in [1.54, 1.807) is 0 Å². The van der Waals surface area contributed by atoms with Crippen LogP contribution in [0.25, 0.3) is 16.7 Å². The summed E-state index contributed by atoms with van der Waals surface area (Å²) in [4.78, 5) is 10.9. The van der Waals surface area contributed by atoms with Gasteiger partial charge < -0.3 is 0 Å². The molecule has 3 aliphatic rings. The zero-order chi connectivity index (χ0) is 24.5. The van der Waals surface area contributed by atoms with Crippen molar-refractivity contribution < 1.29 is 0 Å². The Bertz CT molecular complexity index is 1520. The highest BCUT2D eigenvalue weighted by atomic mass is 14.9. The van der Waals surface area contributed by atoms with Gasteiger partial charge in [-0.1, -0.05) is 84.0 Å². The number of hydrogen-bond donors (Lipinski definition) is 0. The first-order valence-corrected chi connectivity index (χ1v) is 12.4. The van der Waals surface area contributed by atoms with E-state index in [9.17, 15) is 0 Å². The predicted molar refractivity (Wildman–Crippen MR) is 149 cm³/mol. The molecule has 1 heterocycles. The van der Waals surface area contributed by atoms with Crippen LogP contribution in [0.5, 0.6) is 0 Å². The molecule has 35 heavy (non-hydrogen) atoms. The van der Waals surface area contributed by atoms with Gasteiger partial charge in [-0.05, 0) is 80.5 Å². The second kappa shape index (κ2) is 7.61. The molecule has 6 rings (SSSR count). The van der Waals surface area contributed by atoms with Crippen LogP contribution in [0.2, 0.25) is 0 Å². The topological polar surface area (TPSA) is 24.7 Å². The van der Waals surface area contributed by atoms with Gasteiger partial charge in [-0.2, -0.15) is 0 Å². The quantitative estimate of drug-likeness (QED) is 0.275. The average Bonchev–Trinajstić information content (AvgIpc) is 3.28. The minimum absolute atomic E-state index is 0.374. The van der Waals surface area contributed by atoms with Crippen LogP contribution in [0.1, 0.15) is 48.6 Å². The van der Waals surface area contributed by atoms with Gasteiger partial charge in [0, 0.05) is 5.57 Å². The van der Waals surface area contributed by atoms with Crippen molar-refractivity contribution in [2.75, 3.05) is 0 Å². The van der Waals surface area contributed by atoms with Crippen LogP contribution in [0.15, 0.2) is 99.6 Å². The fraction of sp³-hybridized carbons (Fsp3) is 0.212. The van der Waals surface area contributed by atoms with Crippen LogP contribution < -0.4 is 0 Å². The third kappa shape index (κ3) is 3.16. The zero-order valence-electron chi connectivity index (χ0n) is 21.3. The van der Waals surface area contributed by atoms with Crippen molar-refractivity contribution >= 4 is 22.7 Å². The van der Waals surface area contributed by atoms with Crippen LogP contribution >= 0.6 is 0 Å². The molecule has 0 bridgehead atoms. The van der Waals surface area contributed by atoms with Gasteiger partial charge in [0.15, 0.2) is 0 Å². The first-order valence-electron chi connectivity index (χ1n) is 12.4. The predicted octanol–water partition coefficient (Wildman–Crippen LogP) is 8.49. The number of nitrogens with zero attached hydrogens (tertiary/aromatic N) is 2. The zero-order valence-corrected chi connectivity index (χ0v) is 21.3. The summed E-state index contributed by atoms with van der Waals surface area (Å²) in [5, 5.41) is 0. The van der Waals surface area contributed by atoms with E-state index in [1.807, 2.05) is 0 Å². The molecule has 172 valence electrons. The molecule has 0 aromatic heterocycles. The van der Waals surface area contributed by atoms with Gasteiger partial charge in [-0.15, -0.1) is 0 Å². The van der Waals surface area contributed by atoms with E-state index in [4.69, 9.17) is 9.98 Å². The molecule has 0 radical (unpaired) electrons. The van der Waals surface area contributed by atoms with E-state index >= 15 is 0 Å². The Morgan fingerprint density at radius 1 is 0.743 bits per heavy atom. The molecule has 1 atom stereocenters. The largest absolute Gasteiger partial charge is 0.249 e. The molecule has 2 heteroatoms. The second-order valence-electron chi connectivity index (χ2n) is 10.4. The molecule has 0 saturated heterocycles. The van der Waals surface area contributed by atoms with E-state index in [-0.39, 0.29) is 5.41 Å². The summed E-state index contributed by atoms with van der Waals surface area (Å²) < 4.78 is 0. The summed E-state index contributed by atoms with van der Waals surface area (Å²) in [5.74, 6) is 0. The lowest BCUT2D eigenvalue weighted by molar-refractivity contribution is 0.827. The smallest absolute Gasteiger partial charge is 0.0946 e. The molecule has 0 amide bonds. The Balaban J connectivity index is 1.73. The van der Waals surface area contributed by atoms with E-state index in [2.05, 4.69) is 114 Å². The van der Waals surface area contributed by atoms with Crippen LogP contribution in [0.3, 0.4) is 0 Å². The first-order chi connectivity index (χ1) is 16.8. The number of benzene rings is 3. The van der Waals surface area contributed by atoms with Gasteiger partial charge in [0.2, 0.25) is 0 Å². The van der Waals surface area contributed by atoms with Crippen LogP contribution in [-0.4, -0.2) is 11.4 Å². The number of aliphatic imine (C=N–C) groups is 2. The first kappa shape index (κ1) is 21.7. The van der Waals surface area contributed by atoms with Gasteiger partial charge in [0.05, 0.1) is 28.2 Å². The molecule has 0 fully saturated rings. The third-order valence-corrected chi connectivity index (χ3v) is 7.54. The van der Waals surface area contributed by atoms with E-state index in [1.165, 1.54) is 55.7 Å². The molecule has 0 unspecified atom stereocenters. The maximum Gasteiger partial charge on any atom is 0.0946 e. The van der Waals surface area contributed by atoms with Crippen molar-refractivity contribution in [3.8, 4) is 11.1 Å². The van der Waals surface area contributed by atoms with Crippen LogP contribution in [0, 0.1) is 26.2 Å². The molecule has 0 saturated carbocycles. The minimum atomic E-state index is -0.374. The maximum absolute atomic E-state index is 5.47. The van der Waals surface area contributed by atoms with Gasteiger partial charge >= 0.3 is 0 Å². The molecule has 0 spiro atoms. The van der Waals surface area contributed by atoms with E-state index in [0.29, 0.717) is 0 Å². The molecule has 2 nitrogen and oxygen atoms in total. The summed E-state index contributed by atoms with van der Waals surface area (Å²) in [6, 6.07) is 21.9. The number of allylic oxidation sites excluding steroid dienone is 5. The van der Waals surface area contributed by atoms with Crippen LogP contribution in [-0.2, 0) is 0 Å². The number of hydrogen-bond acceptors (Lipinski definition) is 2. The summed E-state index contributed by atoms with van der Waals surface area (Å²) in [7, 11) is 0. The normalized spacial score (nSPS) is 21.4. The van der Waals surface area contributed by atoms with Gasteiger partial charge in [0.1, 0.15) is 0 Å². The molecule has 3 aromatic rings. The van der Waals surface area contributed by atoms with Crippen molar-refractivity contribution in [3.05, 3.63) is 117 Å². The lowest BCUT2D eigenvalue weighted by atomic mass is 9.73. The summed E-state index contributed by atoms with van der Waals surface area (Å²) in [6.07, 6.45) is 4.58. The fourth-order valence-corrected chi connectivity index (χ4v) is 6.26. The van der Waals surface area contributed by atoms with Gasteiger partial charge in [-0.3, -0.25) is 0 Å². The minimum Gasteiger partial charge on any atom is -0.249 e. The highest BCUT2D eigenvalue weighted by Gasteiger charge is 2.46. The van der Waals surface area contributed by atoms with E-state index in [0.717, 1.165) is 22.8 Å². The van der Waals surface area contributed by atoms with E-state index < -0.39 is 0 Å². The lowest BCUT2D eigenvalue weighted by Crippen LogP contribution is -2.33. The Hall–Kier alpha value is -3.78. The maximum atomic E-state index is 5.47. The fourth-order valence-electron chi connectivity index (χ4n) is 6.26. The Morgan fingerprint density at radius 2 is 1.29 bits per heavy atom. The summed E-state index contributed by atoms with van der Waals surface area (Å²) >= 11 is 0. The average molecular weight is 455 g/mol. The molecular weight excluding hydrogens is 424 g/mol. The van der Waals surface area contributed by atoms with Crippen molar-refractivity contribution in [2.24, 2.45) is 15.4 Å². The highest BCUT2D eigenvalue weighted by molar-refractivity contribution is 6.33. The second-order valence-corrected chi connectivity index (χ2v) is 10.4. The molecule has 2 aliphatic carbocycles. The Labute approximate surface area is 208 Å². The number of rotatable bonds is 1. The van der Waals surface area contributed by atoms with Gasteiger partial charge in [-0.25, -0.2) is 9.98 Å². The number of fused-ring (bicyclic) bond motifs is 4. The Kier molecular flexibility index (Phi) is 4.73. The summed E-state index contributed by atoms with van der Waals surface area (Å²) in [6.45, 7) is 13.1. The summed E-state index contributed by atoms with van der Waals surface area (Å²) in [5.41, 5.74) is 16.2. The Morgan fingerprint density at radius 3 is 1.86 bits per heavy atom. The standard InChI is InChI=1S/C33H30N2/c1-19-15-21(3)29(22(4)16-19)34-32-30(35-31-23(5)17-20(2)18-33(31,32)6)28-26-13-9-7-11-24(26)25-12-8-10-14-27(25)28/h7-18H,1-6H3/t33-/m1/s1. The molecular formula is C33H30N2. The lowest BCUT2D eigenvalue weighted by Gasteiger charge is -2.28. The third-order valence-electron chi connectivity index (χ3n) is 7.54. The van der Waals surface area contributed by atoms with Gasteiger partial charge in [0.25, 0.3) is 0 Å². The monoisotopic (exact) mass is 454 g/mol. The molecule has 0 N–H and O–H groups in total. The van der Waals surface area contributed by atoms with Crippen molar-refractivity contribution in [3.63, 3.8) is 0 Å². The van der Waals surface area contributed by atoms with Crippen molar-refractivity contribution in [1.82, 2.24) is 0 Å². The SMILES string of the molecule is CC1=C[C@]2(C)C(=NC(=C3c4ccccc4-c4ccccc43)C2=Nc2c(C)cc(C)cc2C)C(C)=C1. The molecule has 3 aromatic carbocycles. The number of aryl methyl sites for hydroxylation is 3.